The molecule has 0 spiro atoms. The van der Waals surface area contributed by atoms with E-state index < -0.39 is 0 Å². The zero-order valence-electron chi connectivity index (χ0n) is 8.72. The van der Waals surface area contributed by atoms with Gasteiger partial charge in [-0.2, -0.15) is 5.10 Å². The van der Waals surface area contributed by atoms with Crippen molar-refractivity contribution in [3.63, 3.8) is 0 Å². The number of aryl methyl sites for hydroxylation is 1. The van der Waals surface area contributed by atoms with Gasteiger partial charge in [0, 0.05) is 43.2 Å². The molecule has 2 heterocycles. The number of hydrogen-bond acceptors (Lipinski definition) is 3. The van der Waals surface area contributed by atoms with E-state index in [1.807, 2.05) is 36.3 Å². The zero-order chi connectivity index (χ0) is 10.7. The molecule has 0 aromatic carbocycles. The Balaban J connectivity index is 2.43. The molecule has 4 heteroatoms. The maximum absolute atomic E-state index is 5.55. The molecule has 0 fully saturated rings. The molecule has 0 aliphatic rings. The first kappa shape index (κ1) is 9.86. The first-order valence-electron chi connectivity index (χ1n) is 4.94. The van der Waals surface area contributed by atoms with Gasteiger partial charge in [-0.05, 0) is 12.6 Å². The monoisotopic (exact) mass is 202 g/mol. The minimum Gasteiger partial charge on any atom is -0.330 e. The lowest BCUT2D eigenvalue weighted by Gasteiger charge is -1.99. The Morgan fingerprint density at radius 1 is 1.47 bits per heavy atom. The Labute approximate surface area is 88.8 Å². The van der Waals surface area contributed by atoms with Crippen molar-refractivity contribution in [2.45, 2.75) is 6.42 Å². The van der Waals surface area contributed by atoms with Gasteiger partial charge in [0.15, 0.2) is 0 Å². The highest BCUT2D eigenvalue weighted by atomic mass is 15.2. The van der Waals surface area contributed by atoms with Gasteiger partial charge in [-0.1, -0.05) is 6.07 Å². The van der Waals surface area contributed by atoms with Crippen LogP contribution in [0.4, 0.5) is 0 Å². The quantitative estimate of drug-likeness (QED) is 0.807. The molecule has 4 nitrogen and oxygen atoms in total. The van der Waals surface area contributed by atoms with Gasteiger partial charge in [-0.25, -0.2) is 0 Å². The molecule has 2 aromatic heterocycles. The molecule has 0 saturated heterocycles. The number of hydrogen-bond donors (Lipinski definition) is 1. The molecule has 0 bridgehead atoms. The van der Waals surface area contributed by atoms with Gasteiger partial charge in [-0.3, -0.25) is 9.67 Å². The Morgan fingerprint density at radius 3 is 3.00 bits per heavy atom. The summed E-state index contributed by atoms with van der Waals surface area (Å²) in [7, 11) is 1.92. The second-order valence-corrected chi connectivity index (χ2v) is 3.44. The minimum absolute atomic E-state index is 0.615. The molecule has 2 N–H and O–H groups in total. The van der Waals surface area contributed by atoms with Gasteiger partial charge in [0.05, 0.1) is 5.69 Å². The van der Waals surface area contributed by atoms with Gasteiger partial charge in [0.1, 0.15) is 0 Å². The predicted octanol–water partition coefficient (Wildman–Crippen LogP) is 0.983. The van der Waals surface area contributed by atoms with Crippen LogP contribution < -0.4 is 5.73 Å². The average Bonchev–Trinajstić information content (AvgIpc) is 2.62. The van der Waals surface area contributed by atoms with Crippen molar-refractivity contribution in [2.24, 2.45) is 12.8 Å². The SMILES string of the molecule is Cn1cc(-c2cccnc2)c(CCN)n1. The Kier molecular flexibility index (Phi) is 2.78. The van der Waals surface area contributed by atoms with Crippen molar-refractivity contribution in [3.8, 4) is 11.1 Å². The first-order chi connectivity index (χ1) is 7.31. The van der Waals surface area contributed by atoms with Crippen LogP contribution in [0.25, 0.3) is 11.1 Å². The Bertz CT molecular complexity index is 433. The summed E-state index contributed by atoms with van der Waals surface area (Å²) in [6.45, 7) is 0.615. The fraction of sp³-hybridized carbons (Fsp3) is 0.273. The van der Waals surface area contributed by atoms with Crippen LogP contribution in [0.15, 0.2) is 30.7 Å². The van der Waals surface area contributed by atoms with Crippen molar-refractivity contribution < 1.29 is 0 Å². The number of pyridine rings is 1. The first-order valence-corrected chi connectivity index (χ1v) is 4.94. The summed E-state index contributed by atoms with van der Waals surface area (Å²) >= 11 is 0. The molecule has 15 heavy (non-hydrogen) atoms. The highest BCUT2D eigenvalue weighted by Gasteiger charge is 2.08. The highest BCUT2D eigenvalue weighted by molar-refractivity contribution is 5.64. The van der Waals surface area contributed by atoms with Crippen molar-refractivity contribution >= 4 is 0 Å². The van der Waals surface area contributed by atoms with E-state index in [0.29, 0.717) is 6.54 Å². The molecule has 0 radical (unpaired) electrons. The standard InChI is InChI=1S/C11H14N4/c1-15-8-10(11(14-15)4-5-12)9-3-2-6-13-7-9/h2-3,6-8H,4-5,12H2,1H3. The summed E-state index contributed by atoms with van der Waals surface area (Å²) in [6.07, 6.45) is 6.41. The topological polar surface area (TPSA) is 56.7 Å². The zero-order valence-corrected chi connectivity index (χ0v) is 8.72. The average molecular weight is 202 g/mol. The number of aromatic nitrogens is 3. The van der Waals surface area contributed by atoms with E-state index in [-0.39, 0.29) is 0 Å². The largest absolute Gasteiger partial charge is 0.330 e. The summed E-state index contributed by atoms with van der Waals surface area (Å²) in [4.78, 5) is 4.10. The van der Waals surface area contributed by atoms with Crippen LogP contribution in [0.1, 0.15) is 5.69 Å². The maximum atomic E-state index is 5.55. The smallest absolute Gasteiger partial charge is 0.0715 e. The van der Waals surface area contributed by atoms with E-state index in [4.69, 9.17) is 5.73 Å². The summed E-state index contributed by atoms with van der Waals surface area (Å²) in [5.41, 5.74) is 8.80. The molecule has 78 valence electrons. The molecule has 0 aliphatic heterocycles. The fourth-order valence-electron chi connectivity index (χ4n) is 1.62. The molecule has 2 aromatic rings. The lowest BCUT2D eigenvalue weighted by molar-refractivity contribution is 0.739. The van der Waals surface area contributed by atoms with Crippen molar-refractivity contribution in [1.82, 2.24) is 14.8 Å². The molecular weight excluding hydrogens is 188 g/mol. The molecule has 2 rings (SSSR count). The summed E-state index contributed by atoms with van der Waals surface area (Å²) in [5.74, 6) is 0. The second kappa shape index (κ2) is 4.23. The predicted molar refractivity (Wildman–Crippen MR) is 59.2 cm³/mol. The van der Waals surface area contributed by atoms with Gasteiger partial charge < -0.3 is 5.73 Å². The van der Waals surface area contributed by atoms with Crippen LogP contribution in [0.5, 0.6) is 0 Å². The molecular formula is C11H14N4. The Morgan fingerprint density at radius 2 is 2.33 bits per heavy atom. The normalized spacial score (nSPS) is 10.5. The Hall–Kier alpha value is -1.68. The number of nitrogens with two attached hydrogens (primary N) is 1. The van der Waals surface area contributed by atoms with Crippen molar-refractivity contribution in [2.75, 3.05) is 6.54 Å². The van der Waals surface area contributed by atoms with Gasteiger partial charge in [-0.15, -0.1) is 0 Å². The third-order valence-electron chi connectivity index (χ3n) is 2.26. The summed E-state index contributed by atoms with van der Waals surface area (Å²) in [5, 5.41) is 4.39. The van der Waals surface area contributed by atoms with Crippen LogP contribution in [-0.4, -0.2) is 21.3 Å². The van der Waals surface area contributed by atoms with Crippen LogP contribution in [0, 0.1) is 0 Å². The molecule has 0 atom stereocenters. The number of nitrogens with zero attached hydrogens (tertiary/aromatic N) is 3. The minimum atomic E-state index is 0.615. The maximum Gasteiger partial charge on any atom is 0.0715 e. The molecule has 0 saturated carbocycles. The fourth-order valence-corrected chi connectivity index (χ4v) is 1.62. The van der Waals surface area contributed by atoms with Crippen LogP contribution in [-0.2, 0) is 13.5 Å². The van der Waals surface area contributed by atoms with Gasteiger partial charge in [0.25, 0.3) is 0 Å². The number of rotatable bonds is 3. The van der Waals surface area contributed by atoms with E-state index in [1.54, 1.807) is 6.20 Å². The van der Waals surface area contributed by atoms with Crippen LogP contribution in [0.2, 0.25) is 0 Å². The lowest BCUT2D eigenvalue weighted by atomic mass is 10.1. The van der Waals surface area contributed by atoms with Gasteiger partial charge >= 0.3 is 0 Å². The molecule has 0 amide bonds. The van der Waals surface area contributed by atoms with Crippen LogP contribution >= 0.6 is 0 Å². The summed E-state index contributed by atoms with van der Waals surface area (Å²) in [6, 6.07) is 3.96. The van der Waals surface area contributed by atoms with E-state index in [1.165, 1.54) is 0 Å². The third-order valence-corrected chi connectivity index (χ3v) is 2.26. The van der Waals surface area contributed by atoms with Crippen molar-refractivity contribution in [1.29, 1.82) is 0 Å². The molecule has 0 unspecified atom stereocenters. The van der Waals surface area contributed by atoms with Gasteiger partial charge in [0.2, 0.25) is 0 Å². The van der Waals surface area contributed by atoms with E-state index >= 15 is 0 Å². The second-order valence-electron chi connectivity index (χ2n) is 3.44. The third kappa shape index (κ3) is 2.05. The van der Waals surface area contributed by atoms with E-state index in [9.17, 15) is 0 Å². The molecule has 0 aliphatic carbocycles. The van der Waals surface area contributed by atoms with Crippen molar-refractivity contribution in [3.05, 3.63) is 36.4 Å². The van der Waals surface area contributed by atoms with E-state index in [0.717, 1.165) is 23.2 Å². The lowest BCUT2D eigenvalue weighted by Crippen LogP contribution is -2.04. The summed E-state index contributed by atoms with van der Waals surface area (Å²) < 4.78 is 1.81. The highest BCUT2D eigenvalue weighted by Crippen LogP contribution is 2.21. The van der Waals surface area contributed by atoms with Crippen LogP contribution in [0.3, 0.4) is 0 Å². The van der Waals surface area contributed by atoms with E-state index in [2.05, 4.69) is 10.1 Å².